The van der Waals surface area contributed by atoms with Gasteiger partial charge in [-0.05, 0) is 56.0 Å². The maximum Gasteiger partial charge on any atom is 0.262 e. The second-order valence-corrected chi connectivity index (χ2v) is 12.3. The predicted octanol–water partition coefficient (Wildman–Crippen LogP) is 4.50. The number of carbonyl (C=O) groups excluding carboxylic acids is 2. The lowest BCUT2D eigenvalue weighted by molar-refractivity contribution is -0.135. The molecule has 1 fully saturated rings. The number of amides is 2. The van der Waals surface area contributed by atoms with Gasteiger partial charge in [0.2, 0.25) is 5.91 Å². The lowest BCUT2D eigenvalue weighted by Gasteiger charge is -2.33. The molecule has 0 bridgehead atoms. The van der Waals surface area contributed by atoms with Gasteiger partial charge in [0.15, 0.2) is 12.4 Å². The lowest BCUT2D eigenvalue weighted by atomic mass is 10.1. The van der Waals surface area contributed by atoms with Crippen LogP contribution in [-0.4, -0.2) is 96.3 Å². The summed E-state index contributed by atoms with van der Waals surface area (Å²) in [6.45, 7) is 3.25. The number of likely N-dealkylation sites (N-methyl/N-ethyl adjacent to an activating group) is 1. The molecular weight excluding hydrogens is 584 g/mol. The summed E-state index contributed by atoms with van der Waals surface area (Å²) in [5.74, 6) is 1.27. The van der Waals surface area contributed by atoms with Gasteiger partial charge in [0.25, 0.3) is 5.91 Å². The smallest absolute Gasteiger partial charge is 0.262 e. The Balaban J connectivity index is 1.10. The first kappa shape index (κ1) is 33.4. The van der Waals surface area contributed by atoms with E-state index in [1.807, 2.05) is 37.5 Å². The Morgan fingerprint density at radius 1 is 1.07 bits per heavy atom. The molecule has 11 heteroatoms. The van der Waals surface area contributed by atoms with E-state index in [2.05, 4.69) is 44.6 Å². The molecule has 2 aliphatic rings. The van der Waals surface area contributed by atoms with E-state index in [1.165, 1.54) is 31.2 Å². The SMILES string of the molecule is COc1ccc(CCN(C)CCN(C(=O)CCOCCc2cccc(-c3cn(C)nn3)c2)C2CCCCCC2)c2c1NC(=O)CO2. The van der Waals surface area contributed by atoms with E-state index >= 15 is 0 Å². The maximum atomic E-state index is 13.6. The van der Waals surface area contributed by atoms with Crippen molar-refractivity contribution in [2.45, 2.75) is 63.8 Å². The predicted molar refractivity (Wildman–Crippen MR) is 177 cm³/mol. The van der Waals surface area contributed by atoms with Crippen LogP contribution in [0.2, 0.25) is 0 Å². The first-order valence-corrected chi connectivity index (χ1v) is 16.5. The topological polar surface area (TPSA) is 111 Å². The summed E-state index contributed by atoms with van der Waals surface area (Å²) in [4.78, 5) is 29.9. The summed E-state index contributed by atoms with van der Waals surface area (Å²) < 4.78 is 18.9. The summed E-state index contributed by atoms with van der Waals surface area (Å²) >= 11 is 0. The fraction of sp³-hybridized carbons (Fsp3) is 0.543. The Bertz CT molecular complexity index is 1450. The van der Waals surface area contributed by atoms with Gasteiger partial charge in [0.1, 0.15) is 17.1 Å². The molecule has 0 radical (unpaired) electrons. The van der Waals surface area contributed by atoms with E-state index in [9.17, 15) is 9.59 Å². The third-order valence-electron chi connectivity index (χ3n) is 8.92. The molecule has 2 amide bonds. The quantitative estimate of drug-likeness (QED) is 0.193. The Kier molecular flexibility index (Phi) is 12.0. The molecule has 2 heterocycles. The number of aromatic nitrogens is 3. The third kappa shape index (κ3) is 9.07. The Labute approximate surface area is 272 Å². The number of ether oxygens (including phenoxy) is 3. The molecule has 1 aliphatic carbocycles. The molecule has 3 aromatic rings. The van der Waals surface area contributed by atoms with E-state index in [4.69, 9.17) is 14.2 Å². The van der Waals surface area contributed by atoms with Crippen molar-refractivity contribution < 1.29 is 23.8 Å². The number of benzene rings is 2. The van der Waals surface area contributed by atoms with Gasteiger partial charge in [-0.2, -0.15) is 0 Å². The number of nitrogens with one attached hydrogen (secondary N) is 1. The summed E-state index contributed by atoms with van der Waals surface area (Å²) in [7, 11) is 5.54. The van der Waals surface area contributed by atoms with Gasteiger partial charge in [0, 0.05) is 38.3 Å². The van der Waals surface area contributed by atoms with Crippen LogP contribution in [0.15, 0.2) is 42.6 Å². The van der Waals surface area contributed by atoms with E-state index in [1.54, 1.807) is 11.8 Å². The molecule has 1 aliphatic heterocycles. The summed E-state index contributed by atoms with van der Waals surface area (Å²) in [5.41, 5.74) is 4.68. The average molecular weight is 633 g/mol. The monoisotopic (exact) mass is 632 g/mol. The van der Waals surface area contributed by atoms with Crippen LogP contribution in [0.1, 0.15) is 56.1 Å². The van der Waals surface area contributed by atoms with E-state index in [0.717, 1.165) is 55.6 Å². The largest absolute Gasteiger partial charge is 0.494 e. The van der Waals surface area contributed by atoms with Crippen molar-refractivity contribution in [2.75, 3.05) is 58.9 Å². The van der Waals surface area contributed by atoms with Gasteiger partial charge < -0.3 is 29.3 Å². The Hall–Kier alpha value is -3.96. The maximum absolute atomic E-state index is 13.6. The van der Waals surface area contributed by atoms with Gasteiger partial charge in [0.05, 0.1) is 32.9 Å². The van der Waals surface area contributed by atoms with Crippen molar-refractivity contribution in [3.05, 3.63) is 53.7 Å². The van der Waals surface area contributed by atoms with Crippen molar-refractivity contribution in [2.24, 2.45) is 7.05 Å². The third-order valence-corrected chi connectivity index (χ3v) is 8.92. The number of carbonyl (C=O) groups is 2. The van der Waals surface area contributed by atoms with Crippen LogP contribution in [0.4, 0.5) is 5.69 Å². The Morgan fingerprint density at radius 3 is 2.65 bits per heavy atom. The highest BCUT2D eigenvalue weighted by molar-refractivity contribution is 5.97. The summed E-state index contributed by atoms with van der Waals surface area (Å²) in [5, 5.41) is 11.1. The fourth-order valence-corrected chi connectivity index (χ4v) is 6.31. The van der Waals surface area contributed by atoms with Gasteiger partial charge in [-0.25, -0.2) is 0 Å². The first-order chi connectivity index (χ1) is 22.4. The molecule has 0 spiro atoms. The van der Waals surface area contributed by atoms with Crippen LogP contribution in [-0.2, 0) is 34.2 Å². The van der Waals surface area contributed by atoms with Crippen LogP contribution < -0.4 is 14.8 Å². The van der Waals surface area contributed by atoms with E-state index in [-0.39, 0.29) is 24.5 Å². The van der Waals surface area contributed by atoms with E-state index < -0.39 is 0 Å². The van der Waals surface area contributed by atoms with Crippen LogP contribution >= 0.6 is 0 Å². The number of aryl methyl sites for hydroxylation is 1. The zero-order valence-corrected chi connectivity index (χ0v) is 27.5. The summed E-state index contributed by atoms with van der Waals surface area (Å²) in [6, 6.07) is 12.4. The number of hydrogen-bond donors (Lipinski definition) is 1. The molecule has 1 N–H and O–H groups in total. The summed E-state index contributed by atoms with van der Waals surface area (Å²) in [6.07, 6.45) is 10.8. The van der Waals surface area contributed by atoms with Crippen LogP contribution in [0.3, 0.4) is 0 Å². The number of anilines is 1. The zero-order valence-electron chi connectivity index (χ0n) is 27.5. The molecule has 46 heavy (non-hydrogen) atoms. The standard InChI is InChI=1S/C35H48N6O5/c1-39(18-15-27-13-14-31(44-3)34-35(27)46-25-32(42)36-34)19-20-41(29-11-6-4-5-7-12-29)33(43)17-22-45-21-16-26-9-8-10-28(23-26)30-24-40(2)38-37-30/h8-10,13-14,23-24,29H,4-7,11-12,15-22,25H2,1-3H3,(H,36,42). The van der Waals surface area contributed by atoms with Crippen LogP contribution in [0, 0.1) is 0 Å². The number of nitrogens with zero attached hydrogens (tertiary/aromatic N) is 5. The number of rotatable bonds is 15. The van der Waals surface area contributed by atoms with Gasteiger partial charge in [-0.15, -0.1) is 5.10 Å². The zero-order chi connectivity index (χ0) is 32.3. The van der Waals surface area contributed by atoms with Crippen molar-refractivity contribution >= 4 is 17.5 Å². The number of methoxy groups -OCH3 is 1. The molecule has 1 saturated carbocycles. The molecule has 248 valence electrons. The highest BCUT2D eigenvalue weighted by atomic mass is 16.5. The lowest BCUT2D eigenvalue weighted by Crippen LogP contribution is -2.44. The van der Waals surface area contributed by atoms with Gasteiger partial charge in [-0.1, -0.05) is 55.2 Å². The van der Waals surface area contributed by atoms with Crippen LogP contribution in [0.25, 0.3) is 11.3 Å². The highest BCUT2D eigenvalue weighted by Gasteiger charge is 2.26. The second kappa shape index (κ2) is 16.6. The fourth-order valence-electron chi connectivity index (χ4n) is 6.31. The molecule has 5 rings (SSSR count). The molecule has 11 nitrogen and oxygen atoms in total. The van der Waals surface area contributed by atoms with Crippen molar-refractivity contribution in [1.29, 1.82) is 0 Å². The van der Waals surface area contributed by atoms with Crippen molar-refractivity contribution in [1.82, 2.24) is 24.8 Å². The van der Waals surface area contributed by atoms with E-state index in [0.29, 0.717) is 43.4 Å². The molecule has 1 aromatic heterocycles. The average Bonchev–Trinajstić information content (AvgIpc) is 3.32. The molecule has 0 saturated heterocycles. The molecule has 0 unspecified atom stereocenters. The second-order valence-electron chi connectivity index (χ2n) is 12.3. The van der Waals surface area contributed by atoms with Crippen molar-refractivity contribution in [3.63, 3.8) is 0 Å². The van der Waals surface area contributed by atoms with Crippen molar-refractivity contribution in [3.8, 4) is 22.8 Å². The number of hydrogen-bond acceptors (Lipinski definition) is 8. The minimum absolute atomic E-state index is 0.00224. The minimum Gasteiger partial charge on any atom is -0.494 e. The molecule has 2 aromatic carbocycles. The van der Waals surface area contributed by atoms with Gasteiger partial charge >= 0.3 is 0 Å². The molecule has 0 atom stereocenters. The Morgan fingerprint density at radius 2 is 1.89 bits per heavy atom. The molecular formula is C35H48N6O5. The highest BCUT2D eigenvalue weighted by Crippen LogP contribution is 2.40. The van der Waals surface area contributed by atoms with Crippen LogP contribution in [0.5, 0.6) is 11.5 Å². The van der Waals surface area contributed by atoms with Gasteiger partial charge in [-0.3, -0.25) is 14.3 Å². The first-order valence-electron chi connectivity index (χ1n) is 16.5. The number of fused-ring (bicyclic) bond motifs is 1. The minimum atomic E-state index is -0.182. The normalized spacial score (nSPS) is 15.2.